The molecule has 0 unspecified atom stereocenters. The lowest BCUT2D eigenvalue weighted by Gasteiger charge is -2.13. The Balaban J connectivity index is 1.38. The van der Waals surface area contributed by atoms with Gasteiger partial charge in [0.15, 0.2) is 18.1 Å². The summed E-state index contributed by atoms with van der Waals surface area (Å²) in [6.45, 7) is 7.25. The predicted octanol–water partition coefficient (Wildman–Crippen LogP) is 5.62. The second-order valence-corrected chi connectivity index (χ2v) is 10.7. The molecule has 4 amide bonds. The smallest absolute Gasteiger partial charge is 0.294 e. The van der Waals surface area contributed by atoms with Gasteiger partial charge < -0.3 is 20.1 Å². The van der Waals surface area contributed by atoms with Crippen molar-refractivity contribution >= 4 is 52.2 Å². The van der Waals surface area contributed by atoms with Crippen molar-refractivity contribution in [3.63, 3.8) is 0 Å². The lowest BCUT2D eigenvalue weighted by Crippen LogP contribution is -2.36. The predicted molar refractivity (Wildman–Crippen MR) is 160 cm³/mol. The number of hydrogen-bond donors (Lipinski definition) is 2. The van der Waals surface area contributed by atoms with Crippen LogP contribution in [-0.4, -0.2) is 48.1 Å². The molecule has 0 aliphatic carbocycles. The molecule has 1 heterocycles. The van der Waals surface area contributed by atoms with Crippen LogP contribution in [0.1, 0.15) is 27.8 Å². The number of anilines is 2. The van der Waals surface area contributed by atoms with Gasteiger partial charge in [-0.15, -0.1) is 0 Å². The molecule has 1 aliphatic heterocycles. The summed E-state index contributed by atoms with van der Waals surface area (Å²) in [7, 11) is 1.46. The Bertz CT molecular complexity index is 1570. The third-order valence-corrected chi connectivity index (χ3v) is 7.51. The van der Waals surface area contributed by atoms with E-state index in [1.54, 1.807) is 30.3 Å². The molecule has 1 fully saturated rings. The molecule has 9 nitrogen and oxygen atoms in total. The van der Waals surface area contributed by atoms with Crippen molar-refractivity contribution in [1.82, 2.24) is 4.90 Å². The molecule has 41 heavy (non-hydrogen) atoms. The highest BCUT2D eigenvalue weighted by atomic mass is 32.2. The van der Waals surface area contributed by atoms with Gasteiger partial charge in [0.25, 0.3) is 17.1 Å². The minimum atomic E-state index is -0.558. The average molecular weight is 574 g/mol. The molecule has 10 heteroatoms. The molecule has 212 valence electrons. The van der Waals surface area contributed by atoms with Gasteiger partial charge in [0.1, 0.15) is 6.54 Å². The summed E-state index contributed by atoms with van der Waals surface area (Å²) < 4.78 is 11.1. The minimum Gasteiger partial charge on any atom is -0.493 e. The average Bonchev–Trinajstić information content (AvgIpc) is 3.19. The van der Waals surface area contributed by atoms with Crippen LogP contribution in [0.15, 0.2) is 59.5 Å². The van der Waals surface area contributed by atoms with Crippen LogP contribution in [0.3, 0.4) is 0 Å². The first-order valence-corrected chi connectivity index (χ1v) is 13.7. The lowest BCUT2D eigenvalue weighted by atomic mass is 10.1. The molecule has 0 bridgehead atoms. The van der Waals surface area contributed by atoms with Crippen molar-refractivity contribution in [3.05, 3.63) is 87.3 Å². The molecule has 0 atom stereocenters. The molecular formula is C31H31N3O6S. The largest absolute Gasteiger partial charge is 0.493 e. The number of benzene rings is 3. The van der Waals surface area contributed by atoms with E-state index in [1.165, 1.54) is 7.11 Å². The maximum atomic E-state index is 12.9. The summed E-state index contributed by atoms with van der Waals surface area (Å²) >= 11 is 0.757. The van der Waals surface area contributed by atoms with Crippen molar-refractivity contribution < 1.29 is 28.7 Å². The second kappa shape index (κ2) is 12.7. The number of rotatable bonds is 9. The zero-order valence-corrected chi connectivity index (χ0v) is 24.3. The minimum absolute atomic E-state index is 0.178. The van der Waals surface area contributed by atoms with E-state index >= 15 is 0 Å². The van der Waals surface area contributed by atoms with E-state index < -0.39 is 23.6 Å². The number of methoxy groups -OCH3 is 1. The van der Waals surface area contributed by atoms with Gasteiger partial charge in [-0.05, 0) is 110 Å². The van der Waals surface area contributed by atoms with Gasteiger partial charge in [-0.25, -0.2) is 0 Å². The third kappa shape index (κ3) is 7.34. The van der Waals surface area contributed by atoms with Crippen molar-refractivity contribution in [2.45, 2.75) is 27.7 Å². The number of carbonyl (C=O) groups is 4. The Morgan fingerprint density at radius 1 is 0.805 bits per heavy atom. The van der Waals surface area contributed by atoms with Gasteiger partial charge >= 0.3 is 0 Å². The number of imide groups is 1. The Kier molecular flexibility index (Phi) is 9.14. The molecule has 3 aromatic rings. The first kappa shape index (κ1) is 29.4. The van der Waals surface area contributed by atoms with Crippen LogP contribution >= 0.6 is 11.8 Å². The van der Waals surface area contributed by atoms with E-state index in [4.69, 9.17) is 9.47 Å². The van der Waals surface area contributed by atoms with Gasteiger partial charge in [0.05, 0.1) is 12.0 Å². The van der Waals surface area contributed by atoms with Crippen LogP contribution in [0.2, 0.25) is 0 Å². The van der Waals surface area contributed by atoms with Crippen molar-refractivity contribution in [1.29, 1.82) is 0 Å². The van der Waals surface area contributed by atoms with Gasteiger partial charge in [-0.2, -0.15) is 0 Å². The molecule has 1 saturated heterocycles. The molecular weight excluding hydrogens is 542 g/mol. The van der Waals surface area contributed by atoms with E-state index in [0.29, 0.717) is 28.4 Å². The molecule has 0 saturated carbocycles. The van der Waals surface area contributed by atoms with E-state index in [9.17, 15) is 19.2 Å². The quantitative estimate of drug-likeness (QED) is 0.319. The fraction of sp³-hybridized carbons (Fsp3) is 0.226. The second-order valence-electron chi connectivity index (χ2n) is 9.66. The fourth-order valence-corrected chi connectivity index (χ4v) is 4.84. The summed E-state index contributed by atoms with van der Waals surface area (Å²) in [5, 5.41) is 5.00. The number of nitrogens with zero attached hydrogens (tertiary/aromatic N) is 1. The van der Waals surface area contributed by atoms with Gasteiger partial charge in [0.2, 0.25) is 5.91 Å². The summed E-state index contributed by atoms with van der Waals surface area (Å²) in [5.41, 5.74) is 6.17. The summed E-state index contributed by atoms with van der Waals surface area (Å²) in [6, 6.07) is 16.1. The van der Waals surface area contributed by atoms with E-state index in [1.807, 2.05) is 58.0 Å². The van der Waals surface area contributed by atoms with Crippen LogP contribution in [0, 0.1) is 27.7 Å². The summed E-state index contributed by atoms with van der Waals surface area (Å²) in [4.78, 5) is 51.5. The first-order valence-electron chi connectivity index (χ1n) is 12.8. The van der Waals surface area contributed by atoms with Crippen LogP contribution in [0.25, 0.3) is 6.08 Å². The zero-order chi connectivity index (χ0) is 29.7. The lowest BCUT2D eigenvalue weighted by molar-refractivity contribution is -0.127. The molecule has 0 radical (unpaired) electrons. The topological polar surface area (TPSA) is 114 Å². The summed E-state index contributed by atoms with van der Waals surface area (Å²) in [5.74, 6) is -0.658. The number of hydrogen-bond acceptors (Lipinski definition) is 7. The Hall–Kier alpha value is -4.57. The van der Waals surface area contributed by atoms with E-state index in [-0.39, 0.29) is 17.4 Å². The number of amides is 4. The number of thioether (sulfide) groups is 1. The first-order chi connectivity index (χ1) is 19.5. The molecule has 0 aromatic heterocycles. The Labute approximate surface area is 242 Å². The van der Waals surface area contributed by atoms with Crippen molar-refractivity contribution in [3.8, 4) is 11.5 Å². The number of carbonyl (C=O) groups excluding carboxylic acids is 4. The number of aryl methyl sites for hydroxylation is 4. The molecule has 4 rings (SSSR count). The normalized spacial score (nSPS) is 13.9. The fourth-order valence-electron chi connectivity index (χ4n) is 4.00. The highest BCUT2D eigenvalue weighted by molar-refractivity contribution is 8.18. The van der Waals surface area contributed by atoms with E-state index in [0.717, 1.165) is 38.9 Å². The molecule has 1 aliphatic rings. The van der Waals surface area contributed by atoms with Crippen molar-refractivity contribution in [2.24, 2.45) is 0 Å². The van der Waals surface area contributed by atoms with Gasteiger partial charge in [-0.1, -0.05) is 18.2 Å². The number of ether oxygens (including phenoxy) is 2. The SMILES string of the molecule is COc1cc(/C=C2/SC(=O)N(CC(=O)Nc3ccc(C)c(C)c3)C2=O)ccc1OCC(=O)Nc1ccc(C)c(C)c1. The Morgan fingerprint density at radius 2 is 1.41 bits per heavy atom. The molecule has 3 aromatic carbocycles. The summed E-state index contributed by atoms with van der Waals surface area (Å²) in [6.07, 6.45) is 1.55. The van der Waals surface area contributed by atoms with Crippen molar-refractivity contribution in [2.75, 3.05) is 30.9 Å². The maximum absolute atomic E-state index is 12.9. The number of nitrogens with one attached hydrogen (secondary N) is 2. The third-order valence-electron chi connectivity index (χ3n) is 6.60. The molecule has 2 N–H and O–H groups in total. The highest BCUT2D eigenvalue weighted by Gasteiger charge is 2.36. The molecule has 0 spiro atoms. The van der Waals surface area contributed by atoms with Crippen LogP contribution in [-0.2, 0) is 14.4 Å². The van der Waals surface area contributed by atoms with Gasteiger partial charge in [-0.3, -0.25) is 24.1 Å². The van der Waals surface area contributed by atoms with Crippen LogP contribution in [0.5, 0.6) is 11.5 Å². The zero-order valence-electron chi connectivity index (χ0n) is 23.5. The van der Waals surface area contributed by atoms with Crippen LogP contribution < -0.4 is 20.1 Å². The monoisotopic (exact) mass is 573 g/mol. The van der Waals surface area contributed by atoms with Crippen LogP contribution in [0.4, 0.5) is 16.2 Å². The maximum Gasteiger partial charge on any atom is 0.294 e. The van der Waals surface area contributed by atoms with Gasteiger partial charge in [0, 0.05) is 11.4 Å². The Morgan fingerprint density at radius 3 is 2.00 bits per heavy atom. The van der Waals surface area contributed by atoms with E-state index in [2.05, 4.69) is 10.6 Å². The standard InChI is InChI=1S/C31H31N3O6S/c1-18-6-9-23(12-20(18)3)32-28(35)16-34-30(37)27(41-31(34)38)15-22-8-11-25(26(14-22)39-5)40-17-29(36)33-24-10-7-19(2)21(4)13-24/h6-15H,16-17H2,1-5H3,(H,32,35)(H,33,36)/b27-15+. The highest BCUT2D eigenvalue weighted by Crippen LogP contribution is 2.34.